The van der Waals surface area contributed by atoms with Crippen LogP contribution in [0.5, 0.6) is 0 Å². The van der Waals surface area contributed by atoms with Crippen LogP contribution in [-0.2, 0) is 22.6 Å². The molecule has 0 atom stereocenters. The van der Waals surface area contributed by atoms with Gasteiger partial charge in [0.15, 0.2) is 5.96 Å². The number of rotatable bonds is 9. The van der Waals surface area contributed by atoms with Crippen LogP contribution < -0.4 is 10.6 Å². The molecule has 184 valence electrons. The third kappa shape index (κ3) is 9.14. The minimum Gasteiger partial charge on any atom is -0.357 e. The molecule has 7 nitrogen and oxygen atoms in total. The number of hydrogen-bond donors (Lipinski definition) is 2. The summed E-state index contributed by atoms with van der Waals surface area (Å²) in [5, 5.41) is 6.60. The molecule has 0 aromatic heterocycles. The number of amides is 2. The number of aliphatic imine (C=N–C) groups is 1. The summed E-state index contributed by atoms with van der Waals surface area (Å²) in [6.07, 6.45) is 7.13. The van der Waals surface area contributed by atoms with Crippen LogP contribution in [0.15, 0.2) is 29.3 Å². The number of carbonyl (C=O) groups excluding carboxylic acids is 2. The minimum absolute atomic E-state index is 0. The summed E-state index contributed by atoms with van der Waals surface area (Å²) in [7, 11) is 0. The van der Waals surface area contributed by atoms with E-state index >= 15 is 0 Å². The number of guanidine groups is 1. The highest BCUT2D eigenvalue weighted by Gasteiger charge is 2.20. The number of hydrogen-bond acceptors (Lipinski definition) is 3. The van der Waals surface area contributed by atoms with Crippen molar-refractivity contribution in [3.63, 3.8) is 0 Å². The van der Waals surface area contributed by atoms with E-state index in [1.807, 2.05) is 22.8 Å². The van der Waals surface area contributed by atoms with E-state index < -0.39 is 0 Å². The molecule has 0 spiro atoms. The maximum Gasteiger partial charge on any atom is 0.222 e. The molecule has 3 rings (SSSR count). The molecule has 2 heterocycles. The Hall–Kier alpha value is -1.84. The smallest absolute Gasteiger partial charge is 0.222 e. The second-order valence-corrected chi connectivity index (χ2v) is 8.67. The molecule has 2 aliphatic heterocycles. The van der Waals surface area contributed by atoms with E-state index in [9.17, 15) is 9.59 Å². The highest BCUT2D eigenvalue weighted by atomic mass is 127. The Morgan fingerprint density at radius 2 is 1.85 bits per heavy atom. The van der Waals surface area contributed by atoms with E-state index in [-0.39, 0.29) is 29.9 Å². The molecule has 8 heteroatoms. The van der Waals surface area contributed by atoms with Crippen molar-refractivity contribution in [1.82, 2.24) is 20.4 Å². The number of likely N-dealkylation sites (tertiary alicyclic amines) is 1. The highest BCUT2D eigenvalue weighted by Crippen LogP contribution is 2.19. The van der Waals surface area contributed by atoms with Gasteiger partial charge in [0.25, 0.3) is 0 Å². The Labute approximate surface area is 215 Å². The summed E-state index contributed by atoms with van der Waals surface area (Å²) in [4.78, 5) is 33.3. The number of halogens is 1. The molecule has 1 aromatic rings. The molecule has 0 unspecified atom stereocenters. The van der Waals surface area contributed by atoms with E-state index in [0.717, 1.165) is 77.2 Å². The van der Waals surface area contributed by atoms with E-state index in [1.54, 1.807) is 0 Å². The second-order valence-electron chi connectivity index (χ2n) is 8.67. The van der Waals surface area contributed by atoms with E-state index in [2.05, 4.69) is 33.8 Å². The third-order valence-corrected chi connectivity index (χ3v) is 6.21. The summed E-state index contributed by atoms with van der Waals surface area (Å²) in [6, 6.07) is 8.40. The Morgan fingerprint density at radius 1 is 1.03 bits per heavy atom. The first-order chi connectivity index (χ1) is 15.7. The van der Waals surface area contributed by atoms with Crippen LogP contribution in [0.1, 0.15) is 63.0 Å². The van der Waals surface area contributed by atoms with Crippen molar-refractivity contribution in [2.24, 2.45) is 4.99 Å². The molecule has 0 saturated carbocycles. The number of benzene rings is 1. The summed E-state index contributed by atoms with van der Waals surface area (Å²) >= 11 is 0. The zero-order valence-electron chi connectivity index (χ0n) is 20.0. The van der Waals surface area contributed by atoms with E-state index in [0.29, 0.717) is 31.8 Å². The number of fused-ring (bicyclic) bond motifs is 1. The van der Waals surface area contributed by atoms with Crippen molar-refractivity contribution in [3.05, 3.63) is 35.4 Å². The van der Waals surface area contributed by atoms with Gasteiger partial charge in [-0.05, 0) is 50.2 Å². The summed E-state index contributed by atoms with van der Waals surface area (Å²) in [5.74, 6) is 1.30. The van der Waals surface area contributed by atoms with Gasteiger partial charge < -0.3 is 20.4 Å². The van der Waals surface area contributed by atoms with E-state index in [1.165, 1.54) is 11.1 Å². The van der Waals surface area contributed by atoms with Crippen LogP contribution in [0.2, 0.25) is 0 Å². The van der Waals surface area contributed by atoms with Crippen LogP contribution in [0, 0.1) is 0 Å². The summed E-state index contributed by atoms with van der Waals surface area (Å²) < 4.78 is 0. The van der Waals surface area contributed by atoms with Gasteiger partial charge in [-0.25, -0.2) is 0 Å². The Morgan fingerprint density at radius 3 is 2.67 bits per heavy atom. The zero-order chi connectivity index (χ0) is 22.6. The molecule has 2 amide bonds. The predicted molar refractivity (Wildman–Crippen MR) is 144 cm³/mol. The lowest BCUT2D eigenvalue weighted by Gasteiger charge is -2.29. The van der Waals surface area contributed by atoms with Crippen molar-refractivity contribution in [1.29, 1.82) is 0 Å². The molecule has 1 saturated heterocycles. The van der Waals surface area contributed by atoms with Crippen molar-refractivity contribution in [2.45, 2.75) is 64.8 Å². The predicted octanol–water partition coefficient (Wildman–Crippen LogP) is 3.32. The fourth-order valence-electron chi connectivity index (χ4n) is 4.38. The van der Waals surface area contributed by atoms with Crippen LogP contribution in [-0.4, -0.2) is 66.8 Å². The molecule has 2 N–H and O–H groups in total. The van der Waals surface area contributed by atoms with Gasteiger partial charge in [-0.3, -0.25) is 14.6 Å². The van der Waals surface area contributed by atoms with Gasteiger partial charge in [0, 0.05) is 58.7 Å². The van der Waals surface area contributed by atoms with Crippen LogP contribution in [0.3, 0.4) is 0 Å². The molecule has 2 aliphatic rings. The third-order valence-electron chi connectivity index (χ3n) is 6.21. The van der Waals surface area contributed by atoms with Gasteiger partial charge in [-0.15, -0.1) is 24.0 Å². The molecular formula is C25H40IN5O2. The fourth-order valence-corrected chi connectivity index (χ4v) is 4.38. The normalized spacial score (nSPS) is 16.5. The molecule has 0 radical (unpaired) electrons. The molecule has 0 aliphatic carbocycles. The van der Waals surface area contributed by atoms with Crippen molar-refractivity contribution >= 4 is 41.8 Å². The summed E-state index contributed by atoms with van der Waals surface area (Å²) in [5.41, 5.74) is 2.64. The van der Waals surface area contributed by atoms with Crippen LogP contribution in [0.4, 0.5) is 0 Å². The van der Waals surface area contributed by atoms with Crippen molar-refractivity contribution in [2.75, 3.05) is 39.3 Å². The van der Waals surface area contributed by atoms with Gasteiger partial charge in [0.2, 0.25) is 11.8 Å². The Bertz CT molecular complexity index is 786. The first-order valence-electron chi connectivity index (χ1n) is 12.3. The number of nitrogens with zero attached hydrogens (tertiary/aromatic N) is 3. The highest BCUT2D eigenvalue weighted by molar-refractivity contribution is 14.0. The average molecular weight is 570 g/mol. The SMILES string of the molecule is CCNC(=NCCCN1CCCCCC1=O)NCCCC(=O)N1CCc2ccccc2C1.I. The molecular weight excluding hydrogens is 529 g/mol. The van der Waals surface area contributed by atoms with Gasteiger partial charge in [-0.1, -0.05) is 30.7 Å². The Balaban J connectivity index is 0.00000385. The molecule has 1 aromatic carbocycles. The first-order valence-corrected chi connectivity index (χ1v) is 12.3. The van der Waals surface area contributed by atoms with Gasteiger partial charge >= 0.3 is 0 Å². The summed E-state index contributed by atoms with van der Waals surface area (Å²) in [6.45, 7) is 7.46. The zero-order valence-corrected chi connectivity index (χ0v) is 22.3. The van der Waals surface area contributed by atoms with E-state index in [4.69, 9.17) is 0 Å². The molecule has 1 fully saturated rings. The van der Waals surface area contributed by atoms with Gasteiger partial charge in [-0.2, -0.15) is 0 Å². The minimum atomic E-state index is 0. The second kappa shape index (κ2) is 15.1. The monoisotopic (exact) mass is 569 g/mol. The van der Waals surface area contributed by atoms with Crippen LogP contribution >= 0.6 is 24.0 Å². The maximum absolute atomic E-state index is 12.6. The number of carbonyl (C=O) groups is 2. The largest absolute Gasteiger partial charge is 0.357 e. The Kier molecular flexibility index (Phi) is 12.6. The van der Waals surface area contributed by atoms with Crippen molar-refractivity contribution in [3.8, 4) is 0 Å². The first kappa shape index (κ1) is 27.4. The van der Waals surface area contributed by atoms with Crippen molar-refractivity contribution < 1.29 is 9.59 Å². The maximum atomic E-state index is 12.6. The lowest BCUT2D eigenvalue weighted by atomic mass is 9.99. The van der Waals surface area contributed by atoms with Gasteiger partial charge in [0.05, 0.1) is 0 Å². The lowest BCUT2D eigenvalue weighted by Crippen LogP contribution is -2.39. The molecule has 33 heavy (non-hydrogen) atoms. The molecule has 0 bridgehead atoms. The fraction of sp³-hybridized carbons (Fsp3) is 0.640. The average Bonchev–Trinajstić information content (AvgIpc) is 3.02. The quantitative estimate of drug-likeness (QED) is 0.207. The van der Waals surface area contributed by atoms with Gasteiger partial charge in [0.1, 0.15) is 0 Å². The lowest BCUT2D eigenvalue weighted by molar-refractivity contribution is -0.132. The van der Waals surface area contributed by atoms with Crippen LogP contribution in [0.25, 0.3) is 0 Å². The standard InChI is InChI=1S/C25H39N5O2.HI/c1-2-26-25(28-16-9-18-29-17-7-3-4-12-23(29)31)27-15-8-13-24(32)30-19-14-21-10-5-6-11-22(21)20-30;/h5-6,10-11H,2-4,7-9,12-20H2,1H3,(H2,26,27,28);1H. The number of nitrogens with one attached hydrogen (secondary N) is 2. The topological polar surface area (TPSA) is 77.0 Å².